The van der Waals surface area contributed by atoms with Crippen LogP contribution in [-0.4, -0.2) is 11.1 Å². The topological polar surface area (TPSA) is 89.3 Å². The van der Waals surface area contributed by atoms with Gasteiger partial charge in [0.05, 0.1) is 16.9 Å². The predicted molar refractivity (Wildman–Crippen MR) is 67.7 cm³/mol. The zero-order chi connectivity index (χ0) is 12.4. The monoisotopic (exact) mass is 228 g/mol. The van der Waals surface area contributed by atoms with Crippen molar-refractivity contribution in [1.82, 2.24) is 0 Å². The Balaban J connectivity index is 2.71. The quantitative estimate of drug-likeness (QED) is 0.687. The van der Waals surface area contributed by atoms with E-state index in [0.29, 0.717) is 5.56 Å². The molecule has 0 amide bonds. The zero-order valence-electron chi connectivity index (χ0n) is 9.05. The average Bonchev–Trinajstić information content (AvgIpc) is 2.33. The Kier molecular flexibility index (Phi) is 2.70. The van der Waals surface area contributed by atoms with Crippen molar-refractivity contribution in [1.29, 1.82) is 0 Å². The minimum atomic E-state index is -1.08. The number of nitrogen functional groups attached to an aromatic ring is 2. The van der Waals surface area contributed by atoms with Crippen molar-refractivity contribution in [3.05, 3.63) is 48.0 Å². The first kappa shape index (κ1) is 11.0. The minimum absolute atomic E-state index is 0.0520. The van der Waals surface area contributed by atoms with E-state index in [1.165, 1.54) is 0 Å². The van der Waals surface area contributed by atoms with Gasteiger partial charge in [-0.1, -0.05) is 36.4 Å². The molecule has 0 aromatic heterocycles. The molecule has 17 heavy (non-hydrogen) atoms. The first-order chi connectivity index (χ1) is 8.11. The van der Waals surface area contributed by atoms with Crippen LogP contribution < -0.4 is 11.5 Å². The molecule has 2 rings (SSSR count). The normalized spacial score (nSPS) is 10.1. The Morgan fingerprint density at radius 1 is 1.00 bits per heavy atom. The van der Waals surface area contributed by atoms with Crippen molar-refractivity contribution in [3.63, 3.8) is 0 Å². The molecule has 0 fully saturated rings. The number of carboxylic acids is 1. The highest BCUT2D eigenvalue weighted by Gasteiger charge is 2.16. The van der Waals surface area contributed by atoms with Crippen LogP contribution in [0.25, 0.3) is 11.1 Å². The van der Waals surface area contributed by atoms with Crippen LogP contribution in [0.2, 0.25) is 0 Å². The van der Waals surface area contributed by atoms with Crippen molar-refractivity contribution in [2.24, 2.45) is 0 Å². The van der Waals surface area contributed by atoms with Crippen LogP contribution in [0.5, 0.6) is 0 Å². The third-order valence-corrected chi connectivity index (χ3v) is 2.58. The van der Waals surface area contributed by atoms with E-state index in [1.807, 2.05) is 30.3 Å². The van der Waals surface area contributed by atoms with E-state index in [2.05, 4.69) is 0 Å². The van der Waals surface area contributed by atoms with Gasteiger partial charge in [0, 0.05) is 0 Å². The number of aromatic carboxylic acids is 1. The molecule has 0 unspecified atom stereocenters. The molecule has 0 aliphatic carbocycles. The summed E-state index contributed by atoms with van der Waals surface area (Å²) in [5.74, 6) is -1.08. The fraction of sp³-hybridized carbons (Fsp3) is 0. The molecule has 0 bridgehead atoms. The van der Waals surface area contributed by atoms with Gasteiger partial charge in [0.15, 0.2) is 0 Å². The van der Waals surface area contributed by atoms with Gasteiger partial charge < -0.3 is 16.6 Å². The predicted octanol–water partition coefficient (Wildman–Crippen LogP) is 2.22. The van der Waals surface area contributed by atoms with Crippen LogP contribution >= 0.6 is 0 Å². The van der Waals surface area contributed by atoms with Gasteiger partial charge in [-0.05, 0) is 17.2 Å². The molecule has 2 aromatic carbocycles. The van der Waals surface area contributed by atoms with Crippen LogP contribution in [0, 0.1) is 0 Å². The highest BCUT2D eigenvalue weighted by atomic mass is 16.4. The summed E-state index contributed by atoms with van der Waals surface area (Å²) in [7, 11) is 0. The molecular formula is C13H12N2O2. The second kappa shape index (κ2) is 4.17. The summed E-state index contributed by atoms with van der Waals surface area (Å²) in [4.78, 5) is 11.2. The van der Waals surface area contributed by atoms with E-state index in [0.717, 1.165) is 5.56 Å². The van der Waals surface area contributed by atoms with E-state index in [-0.39, 0.29) is 16.9 Å². The van der Waals surface area contributed by atoms with E-state index >= 15 is 0 Å². The first-order valence-corrected chi connectivity index (χ1v) is 5.08. The van der Waals surface area contributed by atoms with Crippen molar-refractivity contribution >= 4 is 17.3 Å². The Bertz CT molecular complexity index is 565. The molecule has 4 nitrogen and oxygen atoms in total. The van der Waals surface area contributed by atoms with Crippen molar-refractivity contribution < 1.29 is 9.90 Å². The molecule has 4 heteroatoms. The molecule has 0 heterocycles. The van der Waals surface area contributed by atoms with E-state index < -0.39 is 5.97 Å². The maximum Gasteiger partial charge on any atom is 0.338 e. The lowest BCUT2D eigenvalue weighted by Gasteiger charge is -2.10. The highest BCUT2D eigenvalue weighted by molar-refractivity contribution is 6.03. The summed E-state index contributed by atoms with van der Waals surface area (Å²) in [5.41, 5.74) is 13.2. The minimum Gasteiger partial charge on any atom is -0.478 e. The van der Waals surface area contributed by atoms with Gasteiger partial charge in [0.25, 0.3) is 0 Å². The number of benzene rings is 2. The van der Waals surface area contributed by atoms with Crippen LogP contribution in [0.4, 0.5) is 11.4 Å². The van der Waals surface area contributed by atoms with Gasteiger partial charge in [-0.25, -0.2) is 4.79 Å². The van der Waals surface area contributed by atoms with Gasteiger partial charge in [0.2, 0.25) is 0 Å². The lowest BCUT2D eigenvalue weighted by atomic mass is 9.97. The third kappa shape index (κ3) is 1.92. The largest absolute Gasteiger partial charge is 0.478 e. The van der Waals surface area contributed by atoms with Crippen molar-refractivity contribution in [3.8, 4) is 11.1 Å². The second-order valence-electron chi connectivity index (χ2n) is 3.66. The van der Waals surface area contributed by atoms with Gasteiger partial charge in [0.1, 0.15) is 0 Å². The van der Waals surface area contributed by atoms with Crippen LogP contribution in [-0.2, 0) is 0 Å². The van der Waals surface area contributed by atoms with Gasteiger partial charge >= 0.3 is 5.97 Å². The molecule has 0 radical (unpaired) electrons. The van der Waals surface area contributed by atoms with Gasteiger partial charge in [-0.3, -0.25) is 0 Å². The number of rotatable bonds is 2. The highest BCUT2D eigenvalue weighted by Crippen LogP contribution is 2.31. The molecule has 0 saturated carbocycles. The lowest BCUT2D eigenvalue weighted by Crippen LogP contribution is -2.07. The van der Waals surface area contributed by atoms with E-state index in [9.17, 15) is 9.90 Å². The summed E-state index contributed by atoms with van der Waals surface area (Å²) in [5, 5.41) is 9.20. The number of anilines is 2. The van der Waals surface area contributed by atoms with Crippen LogP contribution in [0.1, 0.15) is 10.4 Å². The summed E-state index contributed by atoms with van der Waals surface area (Å²) in [6.07, 6.45) is 0. The summed E-state index contributed by atoms with van der Waals surface area (Å²) >= 11 is 0. The fourth-order valence-corrected chi connectivity index (χ4v) is 1.72. The number of hydrogen-bond acceptors (Lipinski definition) is 3. The van der Waals surface area contributed by atoms with Crippen molar-refractivity contribution in [2.75, 3.05) is 11.5 Å². The molecular weight excluding hydrogens is 216 g/mol. The first-order valence-electron chi connectivity index (χ1n) is 5.08. The van der Waals surface area contributed by atoms with E-state index in [1.54, 1.807) is 12.1 Å². The molecule has 0 saturated heterocycles. The second-order valence-corrected chi connectivity index (χ2v) is 3.66. The standard InChI is InChI=1S/C13H12N2O2/c14-10-7-6-9(8-4-2-1-3-5-8)11(12(10)15)13(16)17/h1-7H,14-15H2,(H,16,17). The van der Waals surface area contributed by atoms with Crippen LogP contribution in [0.3, 0.4) is 0 Å². The number of hydrogen-bond donors (Lipinski definition) is 3. The number of carbonyl (C=O) groups is 1. The lowest BCUT2D eigenvalue weighted by molar-refractivity contribution is 0.0699. The average molecular weight is 228 g/mol. The number of carboxylic acid groups (broad SMARTS) is 1. The molecule has 0 atom stereocenters. The maximum atomic E-state index is 11.2. The third-order valence-electron chi connectivity index (χ3n) is 2.58. The van der Waals surface area contributed by atoms with Crippen molar-refractivity contribution in [2.45, 2.75) is 0 Å². The molecule has 2 aromatic rings. The fourth-order valence-electron chi connectivity index (χ4n) is 1.72. The zero-order valence-corrected chi connectivity index (χ0v) is 9.05. The Morgan fingerprint density at radius 2 is 1.65 bits per heavy atom. The Labute approximate surface area is 98.5 Å². The Hall–Kier alpha value is -2.49. The van der Waals surface area contributed by atoms with Crippen LogP contribution in [0.15, 0.2) is 42.5 Å². The van der Waals surface area contributed by atoms with E-state index in [4.69, 9.17) is 11.5 Å². The van der Waals surface area contributed by atoms with Gasteiger partial charge in [-0.2, -0.15) is 0 Å². The smallest absolute Gasteiger partial charge is 0.338 e. The Morgan fingerprint density at radius 3 is 2.24 bits per heavy atom. The maximum absolute atomic E-state index is 11.2. The molecule has 86 valence electrons. The molecule has 0 aliphatic heterocycles. The summed E-state index contributed by atoms with van der Waals surface area (Å²) in [6, 6.07) is 12.5. The SMILES string of the molecule is Nc1ccc(-c2ccccc2)c(C(=O)O)c1N. The summed E-state index contributed by atoms with van der Waals surface area (Å²) < 4.78 is 0. The molecule has 0 aliphatic rings. The van der Waals surface area contributed by atoms with Gasteiger partial charge in [-0.15, -0.1) is 0 Å². The number of nitrogens with two attached hydrogens (primary N) is 2. The summed E-state index contributed by atoms with van der Waals surface area (Å²) in [6.45, 7) is 0. The molecule has 0 spiro atoms. The molecule has 5 N–H and O–H groups in total.